The molecule has 1 N–H and O–H groups in total. The van der Waals surface area contributed by atoms with Crippen molar-refractivity contribution < 1.29 is 14.3 Å². The van der Waals surface area contributed by atoms with Crippen LogP contribution in [-0.2, 0) is 9.53 Å². The van der Waals surface area contributed by atoms with Gasteiger partial charge in [0.1, 0.15) is 5.69 Å². The molecule has 0 aromatic carbocycles. The topological polar surface area (TPSA) is 68.3 Å². The molecule has 5 nitrogen and oxygen atoms in total. The molecule has 1 unspecified atom stereocenters. The van der Waals surface area contributed by atoms with Gasteiger partial charge in [0.25, 0.3) is 5.91 Å². The summed E-state index contributed by atoms with van der Waals surface area (Å²) in [5, 5.41) is 4.74. The third-order valence-corrected chi connectivity index (χ3v) is 3.90. The molecule has 2 aromatic rings. The average Bonchev–Trinajstić information content (AvgIpc) is 3.00. The minimum absolute atomic E-state index is 0.0918. The minimum Gasteiger partial charge on any atom is -0.469 e. The van der Waals surface area contributed by atoms with Gasteiger partial charge >= 0.3 is 5.97 Å². The number of esters is 1. The van der Waals surface area contributed by atoms with Crippen molar-refractivity contribution in [1.29, 1.82) is 0 Å². The van der Waals surface area contributed by atoms with Gasteiger partial charge in [-0.25, -0.2) is 4.98 Å². The number of aryl methyl sites for hydroxylation is 1. The van der Waals surface area contributed by atoms with Crippen LogP contribution in [0, 0.1) is 6.92 Å². The molecule has 21 heavy (non-hydrogen) atoms. The summed E-state index contributed by atoms with van der Waals surface area (Å²) in [7, 11) is 1.33. The molecule has 0 fully saturated rings. The Balaban J connectivity index is 2.15. The van der Waals surface area contributed by atoms with Gasteiger partial charge in [-0.1, -0.05) is 12.1 Å². The highest BCUT2D eigenvalue weighted by Gasteiger charge is 2.21. The van der Waals surface area contributed by atoms with Crippen molar-refractivity contribution in [3.8, 4) is 0 Å². The molecule has 0 saturated heterocycles. The van der Waals surface area contributed by atoms with Crippen molar-refractivity contribution in [2.45, 2.75) is 19.4 Å². The van der Waals surface area contributed by atoms with E-state index in [-0.39, 0.29) is 18.3 Å². The molecule has 2 rings (SSSR count). The molecule has 2 aromatic heterocycles. The van der Waals surface area contributed by atoms with E-state index in [1.54, 1.807) is 12.1 Å². The summed E-state index contributed by atoms with van der Waals surface area (Å²) in [4.78, 5) is 28.8. The number of nitrogens with one attached hydrogen (secondary N) is 1. The molecule has 0 radical (unpaired) electrons. The van der Waals surface area contributed by atoms with Crippen LogP contribution in [-0.4, -0.2) is 24.0 Å². The Morgan fingerprint density at radius 3 is 2.76 bits per heavy atom. The van der Waals surface area contributed by atoms with E-state index >= 15 is 0 Å². The van der Waals surface area contributed by atoms with Crippen molar-refractivity contribution >= 4 is 23.2 Å². The molecule has 1 amide bonds. The zero-order chi connectivity index (χ0) is 15.2. The second kappa shape index (κ2) is 6.99. The van der Waals surface area contributed by atoms with Crippen LogP contribution in [0.3, 0.4) is 0 Å². The molecule has 2 heterocycles. The van der Waals surface area contributed by atoms with Gasteiger partial charge in [0, 0.05) is 10.6 Å². The van der Waals surface area contributed by atoms with Crippen molar-refractivity contribution in [2.24, 2.45) is 0 Å². The maximum Gasteiger partial charge on any atom is 0.307 e. The largest absolute Gasteiger partial charge is 0.469 e. The lowest BCUT2D eigenvalue weighted by atomic mass is 10.1. The second-order valence-corrected chi connectivity index (χ2v) is 5.47. The molecule has 0 spiro atoms. The van der Waals surface area contributed by atoms with E-state index in [2.05, 4.69) is 15.0 Å². The first-order valence-corrected chi connectivity index (χ1v) is 7.33. The normalized spacial score (nSPS) is 11.7. The molecule has 0 saturated carbocycles. The van der Waals surface area contributed by atoms with Gasteiger partial charge in [0.2, 0.25) is 0 Å². The van der Waals surface area contributed by atoms with E-state index in [1.165, 1.54) is 18.4 Å². The summed E-state index contributed by atoms with van der Waals surface area (Å²) in [6.07, 6.45) is 0.0918. The van der Waals surface area contributed by atoms with Gasteiger partial charge in [-0.15, -0.1) is 11.3 Å². The van der Waals surface area contributed by atoms with Crippen LogP contribution in [0.2, 0.25) is 0 Å². The second-order valence-electron chi connectivity index (χ2n) is 4.49. The summed E-state index contributed by atoms with van der Waals surface area (Å²) >= 11 is 1.48. The Bertz CT molecular complexity index is 626. The fourth-order valence-corrected chi connectivity index (χ4v) is 2.64. The predicted molar refractivity (Wildman–Crippen MR) is 80.1 cm³/mol. The lowest BCUT2D eigenvalue weighted by Gasteiger charge is -2.16. The van der Waals surface area contributed by atoms with Crippen molar-refractivity contribution in [1.82, 2.24) is 10.3 Å². The van der Waals surface area contributed by atoms with Crippen molar-refractivity contribution in [2.75, 3.05) is 7.11 Å². The standard InChI is InChI=1S/C15H16N2O3S/c1-10-5-3-6-11(16-10)15(19)17-12(9-14(18)20-2)13-7-4-8-21-13/h3-8,12H,9H2,1-2H3,(H,17,19). The van der Waals surface area contributed by atoms with E-state index in [0.29, 0.717) is 5.69 Å². The fourth-order valence-electron chi connectivity index (χ4n) is 1.86. The van der Waals surface area contributed by atoms with Crippen LogP contribution < -0.4 is 5.32 Å². The van der Waals surface area contributed by atoms with Gasteiger partial charge in [-0.2, -0.15) is 0 Å². The molecule has 1 atom stereocenters. The number of methoxy groups -OCH3 is 1. The quantitative estimate of drug-likeness (QED) is 0.862. The number of hydrogen-bond donors (Lipinski definition) is 1. The van der Waals surface area contributed by atoms with Crippen LogP contribution >= 0.6 is 11.3 Å². The smallest absolute Gasteiger partial charge is 0.307 e. The number of carbonyl (C=O) groups excluding carboxylic acids is 2. The first kappa shape index (κ1) is 15.2. The number of amides is 1. The molecule has 110 valence electrons. The lowest BCUT2D eigenvalue weighted by molar-refractivity contribution is -0.141. The van der Waals surface area contributed by atoms with E-state index in [0.717, 1.165) is 10.6 Å². The lowest BCUT2D eigenvalue weighted by Crippen LogP contribution is -2.30. The number of pyridine rings is 1. The van der Waals surface area contributed by atoms with Crippen molar-refractivity contribution in [3.63, 3.8) is 0 Å². The summed E-state index contributed by atoms with van der Waals surface area (Å²) < 4.78 is 4.68. The Kier molecular flexibility index (Phi) is 5.05. The summed E-state index contributed by atoms with van der Waals surface area (Å²) in [6, 6.07) is 8.59. The molecule has 6 heteroatoms. The average molecular weight is 304 g/mol. The number of thiophene rings is 1. The molecular weight excluding hydrogens is 288 g/mol. The number of rotatable bonds is 5. The number of ether oxygens (including phenoxy) is 1. The summed E-state index contributed by atoms with van der Waals surface area (Å²) in [5.41, 5.74) is 1.10. The van der Waals surface area contributed by atoms with E-state index < -0.39 is 6.04 Å². The van der Waals surface area contributed by atoms with Crippen LogP contribution in [0.25, 0.3) is 0 Å². The van der Waals surface area contributed by atoms with Crippen molar-refractivity contribution in [3.05, 3.63) is 52.0 Å². The fraction of sp³-hybridized carbons (Fsp3) is 0.267. The monoisotopic (exact) mass is 304 g/mol. The summed E-state index contributed by atoms with van der Waals surface area (Å²) in [5.74, 6) is -0.674. The van der Waals surface area contributed by atoms with Gasteiger partial charge in [-0.3, -0.25) is 9.59 Å². The SMILES string of the molecule is COC(=O)CC(NC(=O)c1cccc(C)n1)c1cccs1. The van der Waals surface area contributed by atoms with E-state index in [4.69, 9.17) is 0 Å². The Hall–Kier alpha value is -2.21. The van der Waals surface area contributed by atoms with E-state index in [9.17, 15) is 9.59 Å². The Labute approximate surface area is 127 Å². The first-order chi connectivity index (χ1) is 10.1. The molecule has 0 aliphatic carbocycles. The van der Waals surface area contributed by atoms with Gasteiger partial charge in [0.15, 0.2) is 0 Å². The molecular formula is C15H16N2O3S. The van der Waals surface area contributed by atoms with Crippen LogP contribution in [0.5, 0.6) is 0 Å². The van der Waals surface area contributed by atoms with Gasteiger partial charge < -0.3 is 10.1 Å². The number of nitrogens with zero attached hydrogens (tertiary/aromatic N) is 1. The highest BCUT2D eigenvalue weighted by molar-refractivity contribution is 7.10. The van der Waals surface area contributed by atoms with Crippen LogP contribution in [0.15, 0.2) is 35.7 Å². The van der Waals surface area contributed by atoms with Gasteiger partial charge in [-0.05, 0) is 30.5 Å². The maximum absolute atomic E-state index is 12.3. The zero-order valence-corrected chi connectivity index (χ0v) is 12.6. The summed E-state index contributed by atoms with van der Waals surface area (Å²) in [6.45, 7) is 1.82. The molecule has 0 bridgehead atoms. The van der Waals surface area contributed by atoms with Gasteiger partial charge in [0.05, 0.1) is 19.6 Å². The van der Waals surface area contributed by atoms with Crippen LogP contribution in [0.4, 0.5) is 0 Å². The number of aromatic nitrogens is 1. The molecule has 0 aliphatic rings. The third kappa shape index (κ3) is 4.13. The Morgan fingerprint density at radius 1 is 1.33 bits per heavy atom. The minimum atomic E-state index is -0.410. The number of hydrogen-bond acceptors (Lipinski definition) is 5. The third-order valence-electron chi connectivity index (χ3n) is 2.91. The molecule has 0 aliphatic heterocycles. The van der Waals surface area contributed by atoms with Crippen LogP contribution in [0.1, 0.15) is 33.5 Å². The highest BCUT2D eigenvalue weighted by Crippen LogP contribution is 2.22. The predicted octanol–water partition coefficient (Wildman–Crippen LogP) is 2.49. The zero-order valence-electron chi connectivity index (χ0n) is 11.8. The highest BCUT2D eigenvalue weighted by atomic mass is 32.1. The maximum atomic E-state index is 12.3. The number of carbonyl (C=O) groups is 2. The first-order valence-electron chi connectivity index (χ1n) is 6.45. The van der Waals surface area contributed by atoms with E-state index in [1.807, 2.05) is 30.5 Å². The Morgan fingerprint density at radius 2 is 2.14 bits per heavy atom.